The van der Waals surface area contributed by atoms with Crippen LogP contribution in [-0.2, 0) is 11.3 Å². The largest absolute Gasteiger partial charge is 0.351 e. The minimum Gasteiger partial charge on any atom is -0.351 e. The first-order chi connectivity index (χ1) is 9.79. The van der Waals surface area contributed by atoms with E-state index in [2.05, 4.69) is 17.2 Å². The Morgan fingerprint density at radius 1 is 1.45 bits per heavy atom. The van der Waals surface area contributed by atoms with Crippen LogP contribution in [0.5, 0.6) is 0 Å². The van der Waals surface area contributed by atoms with Gasteiger partial charge in [-0.15, -0.1) is 11.3 Å². The van der Waals surface area contributed by atoms with Crippen LogP contribution in [0.4, 0.5) is 0 Å². The van der Waals surface area contributed by atoms with Gasteiger partial charge in [0.1, 0.15) is 0 Å². The lowest BCUT2D eigenvalue weighted by molar-refractivity contribution is -0.122. The molecule has 1 aromatic rings. The number of carbonyl (C=O) groups is 1. The number of nitrogens with two attached hydrogens (primary N) is 1. The molecule has 0 saturated carbocycles. The van der Waals surface area contributed by atoms with Crippen LogP contribution in [0.15, 0.2) is 11.4 Å². The van der Waals surface area contributed by atoms with Crippen molar-refractivity contribution in [3.05, 3.63) is 21.9 Å². The fourth-order valence-corrected chi connectivity index (χ4v) is 4.17. The summed E-state index contributed by atoms with van der Waals surface area (Å²) in [6.45, 7) is 0.938. The molecule has 1 amide bonds. The summed E-state index contributed by atoms with van der Waals surface area (Å²) in [5.41, 5.74) is 6.36. The quantitative estimate of drug-likeness (QED) is 0.839. The lowest BCUT2D eigenvalue weighted by atomic mass is 9.98. The van der Waals surface area contributed by atoms with Gasteiger partial charge in [0.15, 0.2) is 0 Å². The molecule has 0 spiro atoms. The van der Waals surface area contributed by atoms with Crippen LogP contribution in [0.3, 0.4) is 0 Å². The van der Waals surface area contributed by atoms with Crippen LogP contribution in [0.1, 0.15) is 29.7 Å². The molecule has 0 bridgehead atoms. The van der Waals surface area contributed by atoms with E-state index in [1.54, 1.807) is 11.3 Å². The van der Waals surface area contributed by atoms with Crippen molar-refractivity contribution in [3.8, 4) is 11.8 Å². The van der Waals surface area contributed by atoms with E-state index >= 15 is 0 Å². The Morgan fingerprint density at radius 3 is 3.00 bits per heavy atom. The molecule has 2 rings (SSSR count). The third-order valence-electron chi connectivity index (χ3n) is 3.33. The van der Waals surface area contributed by atoms with E-state index in [1.165, 1.54) is 24.3 Å². The number of hydrogen-bond donors (Lipinski definition) is 2. The number of nitrogens with one attached hydrogen (secondary N) is 1. The highest BCUT2D eigenvalue weighted by Gasteiger charge is 2.17. The molecule has 0 aromatic carbocycles. The van der Waals surface area contributed by atoms with Crippen LogP contribution in [0.25, 0.3) is 0 Å². The maximum atomic E-state index is 12.0. The lowest BCUT2D eigenvalue weighted by Gasteiger charge is -2.20. The molecule has 108 valence electrons. The summed E-state index contributed by atoms with van der Waals surface area (Å²) in [4.78, 5) is 13.1. The first kappa shape index (κ1) is 15.4. The molecule has 0 atom stereocenters. The van der Waals surface area contributed by atoms with Crippen LogP contribution in [-0.4, -0.2) is 24.0 Å². The highest BCUT2D eigenvalue weighted by Crippen LogP contribution is 2.25. The van der Waals surface area contributed by atoms with Crippen LogP contribution in [0, 0.1) is 17.8 Å². The van der Waals surface area contributed by atoms with E-state index < -0.39 is 0 Å². The average Bonchev–Trinajstić information content (AvgIpc) is 2.91. The highest BCUT2D eigenvalue weighted by atomic mass is 32.2. The molecule has 2 heterocycles. The summed E-state index contributed by atoms with van der Waals surface area (Å²) in [6, 6.07) is 1.98. The van der Waals surface area contributed by atoms with Crippen molar-refractivity contribution in [2.75, 3.05) is 18.1 Å². The SMILES string of the molecule is NCC#Cc1ccsc1CNC(=O)CC1CCSCC1. The molecule has 3 N–H and O–H groups in total. The predicted molar refractivity (Wildman–Crippen MR) is 86.8 cm³/mol. The highest BCUT2D eigenvalue weighted by molar-refractivity contribution is 7.99. The average molecular weight is 308 g/mol. The van der Waals surface area contributed by atoms with Crippen molar-refractivity contribution in [2.24, 2.45) is 11.7 Å². The van der Waals surface area contributed by atoms with Gasteiger partial charge in [-0.1, -0.05) is 11.8 Å². The van der Waals surface area contributed by atoms with E-state index in [0.717, 1.165) is 10.4 Å². The second-order valence-corrected chi connectivity index (χ2v) is 7.03. The van der Waals surface area contributed by atoms with Crippen LogP contribution in [0.2, 0.25) is 0 Å². The summed E-state index contributed by atoms with van der Waals surface area (Å²) in [6.07, 6.45) is 3.00. The van der Waals surface area contributed by atoms with Gasteiger partial charge in [-0.25, -0.2) is 0 Å². The zero-order chi connectivity index (χ0) is 14.2. The monoisotopic (exact) mass is 308 g/mol. The van der Waals surface area contributed by atoms with E-state index in [-0.39, 0.29) is 5.91 Å². The lowest BCUT2D eigenvalue weighted by Crippen LogP contribution is -2.26. The Balaban J connectivity index is 1.79. The molecular weight excluding hydrogens is 288 g/mol. The van der Waals surface area contributed by atoms with E-state index in [1.807, 2.05) is 23.2 Å². The number of carbonyl (C=O) groups excluding carboxylic acids is 1. The van der Waals surface area contributed by atoms with Crippen LogP contribution >= 0.6 is 23.1 Å². The summed E-state index contributed by atoms with van der Waals surface area (Å²) < 4.78 is 0. The van der Waals surface area contributed by atoms with Gasteiger partial charge in [-0.2, -0.15) is 11.8 Å². The Kier molecular flexibility index (Phi) is 6.44. The van der Waals surface area contributed by atoms with Crippen molar-refractivity contribution in [1.82, 2.24) is 5.32 Å². The van der Waals surface area contributed by atoms with Crippen LogP contribution < -0.4 is 11.1 Å². The fourth-order valence-electron chi connectivity index (χ4n) is 2.20. The minimum absolute atomic E-state index is 0.160. The smallest absolute Gasteiger partial charge is 0.220 e. The molecule has 1 aromatic heterocycles. The third-order valence-corrected chi connectivity index (χ3v) is 5.30. The number of thiophene rings is 1. The fraction of sp³-hybridized carbons (Fsp3) is 0.533. The molecule has 3 nitrogen and oxygen atoms in total. The zero-order valence-corrected chi connectivity index (χ0v) is 13.1. The minimum atomic E-state index is 0.160. The standard InChI is InChI=1S/C15H20N2OS2/c16-6-1-2-13-5-9-20-14(13)11-17-15(18)10-12-3-7-19-8-4-12/h5,9,12H,3-4,6-8,10-11,16H2,(H,17,18). The second-order valence-electron chi connectivity index (χ2n) is 4.80. The maximum Gasteiger partial charge on any atom is 0.220 e. The first-order valence-electron chi connectivity index (χ1n) is 6.89. The van der Waals surface area contributed by atoms with Gasteiger partial charge >= 0.3 is 0 Å². The normalized spacial score (nSPS) is 15.4. The van der Waals surface area contributed by atoms with E-state index in [9.17, 15) is 4.79 Å². The third kappa shape index (κ3) is 4.86. The number of hydrogen-bond acceptors (Lipinski definition) is 4. The Hall–Kier alpha value is -0.960. The van der Waals surface area contributed by atoms with Crippen molar-refractivity contribution in [1.29, 1.82) is 0 Å². The molecule has 1 fully saturated rings. The molecule has 1 aliphatic rings. The van der Waals surface area contributed by atoms with Gasteiger partial charge in [-0.3, -0.25) is 4.79 Å². The molecule has 20 heavy (non-hydrogen) atoms. The number of rotatable bonds is 4. The Labute approximate surface area is 128 Å². The summed E-state index contributed by atoms with van der Waals surface area (Å²) in [5.74, 6) is 9.01. The van der Waals surface area contributed by atoms with E-state index in [4.69, 9.17) is 5.73 Å². The summed E-state index contributed by atoms with van der Waals surface area (Å²) in [5, 5.41) is 5.02. The van der Waals surface area contributed by atoms with Gasteiger partial charge < -0.3 is 11.1 Å². The van der Waals surface area contributed by atoms with Crippen molar-refractivity contribution in [2.45, 2.75) is 25.8 Å². The van der Waals surface area contributed by atoms with Crippen molar-refractivity contribution < 1.29 is 4.79 Å². The molecule has 5 heteroatoms. The number of amides is 1. The molecule has 1 aliphatic heterocycles. The second kappa shape index (κ2) is 8.35. The topological polar surface area (TPSA) is 55.1 Å². The number of thioether (sulfide) groups is 1. The first-order valence-corrected chi connectivity index (χ1v) is 8.92. The van der Waals surface area contributed by atoms with Gasteiger partial charge in [0, 0.05) is 16.9 Å². The van der Waals surface area contributed by atoms with Gasteiger partial charge in [0.05, 0.1) is 13.1 Å². The predicted octanol–water partition coefficient (Wildman–Crippen LogP) is 2.21. The van der Waals surface area contributed by atoms with Gasteiger partial charge in [-0.05, 0) is 41.7 Å². The molecule has 1 saturated heterocycles. The molecular formula is C15H20N2OS2. The summed E-state index contributed by atoms with van der Waals surface area (Å²) >= 11 is 3.62. The maximum absolute atomic E-state index is 12.0. The molecule has 0 unspecified atom stereocenters. The van der Waals surface area contributed by atoms with Crippen molar-refractivity contribution >= 4 is 29.0 Å². The van der Waals surface area contributed by atoms with Gasteiger partial charge in [0.2, 0.25) is 5.91 Å². The van der Waals surface area contributed by atoms with Crippen molar-refractivity contribution in [3.63, 3.8) is 0 Å². The molecule has 0 aliphatic carbocycles. The zero-order valence-electron chi connectivity index (χ0n) is 11.5. The Morgan fingerprint density at radius 2 is 2.25 bits per heavy atom. The Bertz CT molecular complexity index is 495. The summed E-state index contributed by atoms with van der Waals surface area (Å²) in [7, 11) is 0. The van der Waals surface area contributed by atoms with Gasteiger partial charge in [0.25, 0.3) is 0 Å². The molecule has 0 radical (unpaired) electrons. The van der Waals surface area contributed by atoms with E-state index in [0.29, 0.717) is 25.4 Å².